The molecule has 1 aliphatic carbocycles. The van der Waals surface area contributed by atoms with Crippen molar-refractivity contribution in [3.05, 3.63) is 23.5 Å². The zero-order valence-electron chi connectivity index (χ0n) is 13.1. The van der Waals surface area contributed by atoms with E-state index in [0.717, 1.165) is 0 Å². The van der Waals surface area contributed by atoms with Gasteiger partial charge in [-0.05, 0) is 22.8 Å². The van der Waals surface area contributed by atoms with Crippen molar-refractivity contribution < 1.29 is 13.9 Å². The lowest BCUT2D eigenvalue weighted by Crippen LogP contribution is -2.18. The molecule has 2 rings (SSSR count). The number of ether oxygens (including phenoxy) is 2. The summed E-state index contributed by atoms with van der Waals surface area (Å²) in [5.74, 6) is 0.794. The van der Waals surface area contributed by atoms with Crippen molar-refractivity contribution in [1.29, 1.82) is 0 Å². The molecular weight excluding hydrogens is 257 g/mol. The summed E-state index contributed by atoms with van der Waals surface area (Å²) >= 11 is 0. The third kappa shape index (κ3) is 1.97. The predicted octanol–water partition coefficient (Wildman–Crippen LogP) is 3.52. The third-order valence-corrected chi connectivity index (χ3v) is 5.35. The number of rotatable bonds is 4. The number of hydrogen-bond acceptors (Lipinski definition) is 3. The first-order valence-corrected chi connectivity index (χ1v) is 6.85. The first kappa shape index (κ1) is 15.1. The van der Waals surface area contributed by atoms with Gasteiger partial charge in [0.05, 0.1) is 14.2 Å². The number of methoxy groups -OCH3 is 2. The predicted molar refractivity (Wildman–Crippen MR) is 77.5 cm³/mol. The van der Waals surface area contributed by atoms with E-state index >= 15 is 0 Å². The Morgan fingerprint density at radius 3 is 1.90 bits per heavy atom. The van der Waals surface area contributed by atoms with Gasteiger partial charge in [-0.1, -0.05) is 27.7 Å². The summed E-state index contributed by atoms with van der Waals surface area (Å²) in [5, 5.41) is 0. The van der Waals surface area contributed by atoms with Gasteiger partial charge in [-0.2, -0.15) is 0 Å². The fourth-order valence-electron chi connectivity index (χ4n) is 3.45. The van der Waals surface area contributed by atoms with Crippen molar-refractivity contribution in [1.82, 2.24) is 0 Å². The molecule has 0 spiro atoms. The Morgan fingerprint density at radius 1 is 1.05 bits per heavy atom. The summed E-state index contributed by atoms with van der Waals surface area (Å²) in [7, 11) is 3.03. The minimum atomic E-state index is -0.347. The van der Waals surface area contributed by atoms with E-state index in [-0.39, 0.29) is 28.6 Å². The fraction of sp³-hybridized carbons (Fsp3) is 0.625. The Bertz CT molecular complexity index is 511. The second-order valence-corrected chi connectivity index (χ2v) is 6.68. The Balaban J connectivity index is 2.39. The first-order chi connectivity index (χ1) is 9.18. The molecule has 3 nitrogen and oxygen atoms in total. The molecule has 1 atom stereocenters. The Hall–Kier alpha value is -1.29. The van der Waals surface area contributed by atoms with E-state index in [1.165, 1.54) is 20.3 Å². The van der Waals surface area contributed by atoms with Crippen LogP contribution in [0.2, 0.25) is 0 Å². The minimum absolute atomic E-state index is 0.103. The van der Waals surface area contributed by atoms with Crippen LogP contribution in [0.25, 0.3) is 0 Å². The molecule has 0 aliphatic heterocycles. The molecule has 2 N–H and O–H groups in total. The molecule has 0 aromatic heterocycles. The van der Waals surface area contributed by atoms with Crippen LogP contribution in [0.1, 0.15) is 39.3 Å². The minimum Gasteiger partial charge on any atom is -0.493 e. The normalized spacial score (nSPS) is 21.4. The van der Waals surface area contributed by atoms with Gasteiger partial charge in [-0.15, -0.1) is 0 Å². The molecule has 0 bridgehead atoms. The molecule has 0 amide bonds. The highest BCUT2D eigenvalue weighted by Gasteiger charge is 2.66. The van der Waals surface area contributed by atoms with E-state index in [0.29, 0.717) is 17.1 Å². The second-order valence-electron chi connectivity index (χ2n) is 6.68. The summed E-state index contributed by atoms with van der Waals surface area (Å²) in [4.78, 5) is 0. The maximum Gasteiger partial charge on any atom is 0.163 e. The fourth-order valence-corrected chi connectivity index (χ4v) is 3.45. The van der Waals surface area contributed by atoms with Gasteiger partial charge in [0.25, 0.3) is 0 Å². The van der Waals surface area contributed by atoms with Gasteiger partial charge in [-0.3, -0.25) is 0 Å². The van der Waals surface area contributed by atoms with Crippen LogP contribution in [0, 0.1) is 22.6 Å². The first-order valence-electron chi connectivity index (χ1n) is 6.85. The van der Waals surface area contributed by atoms with Crippen LogP contribution in [0.5, 0.6) is 11.5 Å². The van der Waals surface area contributed by atoms with Crippen molar-refractivity contribution in [2.75, 3.05) is 14.2 Å². The van der Waals surface area contributed by atoms with Crippen molar-refractivity contribution in [3.63, 3.8) is 0 Å². The van der Waals surface area contributed by atoms with E-state index in [1.54, 1.807) is 6.07 Å². The molecule has 1 aromatic carbocycles. The van der Waals surface area contributed by atoms with E-state index in [2.05, 4.69) is 27.7 Å². The number of nitrogens with two attached hydrogens (primary N) is 1. The van der Waals surface area contributed by atoms with Gasteiger partial charge in [-0.25, -0.2) is 4.39 Å². The summed E-state index contributed by atoms with van der Waals surface area (Å²) in [6.45, 7) is 8.71. The lowest BCUT2D eigenvalue weighted by molar-refractivity contribution is 0.349. The SMILES string of the molecule is COc1cc(F)c(C(N)C2C(C)(C)C2(C)C)cc1OC. The van der Waals surface area contributed by atoms with Crippen LogP contribution >= 0.6 is 0 Å². The molecule has 1 aliphatic rings. The molecule has 20 heavy (non-hydrogen) atoms. The molecule has 1 aromatic rings. The largest absolute Gasteiger partial charge is 0.493 e. The topological polar surface area (TPSA) is 44.5 Å². The molecule has 1 unspecified atom stereocenters. The third-order valence-electron chi connectivity index (χ3n) is 5.35. The van der Waals surface area contributed by atoms with Gasteiger partial charge in [0.2, 0.25) is 0 Å². The Morgan fingerprint density at radius 2 is 1.50 bits per heavy atom. The Kier molecular flexibility index (Phi) is 3.49. The quantitative estimate of drug-likeness (QED) is 0.918. The van der Waals surface area contributed by atoms with Crippen molar-refractivity contribution >= 4 is 0 Å². The monoisotopic (exact) mass is 281 g/mol. The van der Waals surface area contributed by atoms with Crippen LogP contribution in [0.3, 0.4) is 0 Å². The van der Waals surface area contributed by atoms with Gasteiger partial charge < -0.3 is 15.2 Å². The highest BCUT2D eigenvalue weighted by molar-refractivity contribution is 5.45. The van der Waals surface area contributed by atoms with Gasteiger partial charge >= 0.3 is 0 Å². The summed E-state index contributed by atoms with van der Waals surface area (Å²) in [6, 6.07) is 2.65. The number of benzene rings is 1. The summed E-state index contributed by atoms with van der Waals surface area (Å²) < 4.78 is 24.6. The highest BCUT2D eigenvalue weighted by Crippen LogP contribution is 2.72. The lowest BCUT2D eigenvalue weighted by Gasteiger charge is -2.18. The number of halogens is 1. The maximum atomic E-state index is 14.3. The van der Waals surface area contributed by atoms with Crippen LogP contribution < -0.4 is 15.2 Å². The van der Waals surface area contributed by atoms with Gasteiger partial charge in [0, 0.05) is 17.7 Å². The summed E-state index contributed by atoms with van der Waals surface area (Å²) in [6.07, 6.45) is 0. The van der Waals surface area contributed by atoms with Crippen LogP contribution in [-0.2, 0) is 0 Å². The highest BCUT2D eigenvalue weighted by atomic mass is 19.1. The molecule has 1 fully saturated rings. The van der Waals surface area contributed by atoms with Crippen LogP contribution in [0.15, 0.2) is 12.1 Å². The van der Waals surface area contributed by atoms with E-state index < -0.39 is 0 Å². The van der Waals surface area contributed by atoms with Crippen molar-refractivity contribution in [3.8, 4) is 11.5 Å². The maximum absolute atomic E-state index is 14.3. The zero-order chi connectivity index (χ0) is 15.3. The van der Waals surface area contributed by atoms with Crippen LogP contribution in [0.4, 0.5) is 4.39 Å². The van der Waals surface area contributed by atoms with Crippen LogP contribution in [-0.4, -0.2) is 14.2 Å². The smallest absolute Gasteiger partial charge is 0.163 e. The zero-order valence-corrected chi connectivity index (χ0v) is 13.1. The van der Waals surface area contributed by atoms with E-state index in [4.69, 9.17) is 15.2 Å². The molecule has 0 heterocycles. The molecule has 4 heteroatoms. The second kappa shape index (κ2) is 4.62. The number of hydrogen-bond donors (Lipinski definition) is 1. The molecule has 112 valence electrons. The van der Waals surface area contributed by atoms with Gasteiger partial charge in [0.15, 0.2) is 11.5 Å². The molecule has 1 saturated carbocycles. The van der Waals surface area contributed by atoms with E-state index in [9.17, 15) is 4.39 Å². The van der Waals surface area contributed by atoms with Crippen molar-refractivity contribution in [2.45, 2.75) is 33.7 Å². The molecule has 0 saturated heterocycles. The lowest BCUT2D eigenvalue weighted by atomic mass is 9.96. The molecule has 0 radical (unpaired) electrons. The van der Waals surface area contributed by atoms with Crippen molar-refractivity contribution in [2.24, 2.45) is 22.5 Å². The standard InChI is InChI=1S/C16H24FNO2/c1-15(2)14(16(15,3)4)13(18)9-7-11(19-5)12(20-6)8-10(9)17/h7-8,13-14H,18H2,1-6H3. The molecular formula is C16H24FNO2. The summed E-state index contributed by atoms with van der Waals surface area (Å²) in [5.41, 5.74) is 7.03. The van der Waals surface area contributed by atoms with E-state index in [1.807, 2.05) is 0 Å². The average Bonchev–Trinajstić information content (AvgIpc) is 2.78. The average molecular weight is 281 g/mol. The Labute approximate surface area is 120 Å². The van der Waals surface area contributed by atoms with Gasteiger partial charge in [0.1, 0.15) is 5.82 Å².